The highest BCUT2D eigenvalue weighted by molar-refractivity contribution is 9.10. The van der Waals surface area contributed by atoms with Gasteiger partial charge in [0.1, 0.15) is 0 Å². The topological polar surface area (TPSA) is 46.2 Å². The lowest BCUT2D eigenvalue weighted by Crippen LogP contribution is -2.31. The average molecular weight is 346 g/mol. The molecule has 0 aromatic heterocycles. The second-order valence-corrected chi connectivity index (χ2v) is 6.97. The minimum absolute atomic E-state index is 0.0437. The Morgan fingerprint density at radius 2 is 2.00 bits per heavy atom. The van der Waals surface area contributed by atoms with E-state index < -0.39 is 10.8 Å². The highest BCUT2D eigenvalue weighted by Crippen LogP contribution is 2.14. The number of rotatable bonds is 7. The summed E-state index contributed by atoms with van der Waals surface area (Å²) in [6.45, 7) is 4.02. The number of carbonyl (C=O) groups excluding carboxylic acids is 1. The van der Waals surface area contributed by atoms with Crippen LogP contribution >= 0.6 is 15.9 Å². The van der Waals surface area contributed by atoms with Crippen molar-refractivity contribution in [1.29, 1.82) is 0 Å². The highest BCUT2D eigenvalue weighted by atomic mass is 79.9. The molecule has 1 N–H and O–H groups in total. The molecule has 0 aliphatic rings. The van der Waals surface area contributed by atoms with Crippen LogP contribution in [0.15, 0.2) is 33.6 Å². The molecule has 0 saturated heterocycles. The van der Waals surface area contributed by atoms with Gasteiger partial charge in [0.2, 0.25) is 5.91 Å². The van der Waals surface area contributed by atoms with E-state index in [1.807, 2.05) is 38.1 Å². The summed E-state index contributed by atoms with van der Waals surface area (Å²) >= 11 is 3.34. The predicted octanol–water partition coefficient (Wildman–Crippen LogP) is 3.25. The van der Waals surface area contributed by atoms with E-state index >= 15 is 0 Å². The third-order valence-corrected chi connectivity index (χ3v) is 4.82. The monoisotopic (exact) mass is 345 g/mol. The molecule has 19 heavy (non-hydrogen) atoms. The summed E-state index contributed by atoms with van der Waals surface area (Å²) in [5, 5.41) is 2.91. The van der Waals surface area contributed by atoms with Gasteiger partial charge >= 0.3 is 0 Å². The molecule has 1 aromatic carbocycles. The van der Waals surface area contributed by atoms with Gasteiger partial charge in [0, 0.05) is 27.6 Å². The number of carbonyl (C=O) groups is 1. The van der Waals surface area contributed by atoms with Crippen molar-refractivity contribution in [2.75, 3.05) is 5.75 Å². The Kier molecular flexibility index (Phi) is 7.31. The lowest BCUT2D eigenvalue weighted by Gasteiger charge is -2.10. The molecule has 0 fully saturated rings. The molecule has 0 aliphatic heterocycles. The molecule has 3 nitrogen and oxygen atoms in total. The average Bonchev–Trinajstić information content (AvgIpc) is 2.39. The molecule has 0 radical (unpaired) electrons. The van der Waals surface area contributed by atoms with Gasteiger partial charge in [-0.15, -0.1) is 0 Å². The quantitative estimate of drug-likeness (QED) is 0.824. The molecule has 1 amide bonds. The Morgan fingerprint density at radius 1 is 1.37 bits per heavy atom. The lowest BCUT2D eigenvalue weighted by atomic mass is 10.2. The Labute approximate surface area is 125 Å². The maximum absolute atomic E-state index is 12.0. The van der Waals surface area contributed by atoms with Crippen LogP contribution in [-0.4, -0.2) is 21.9 Å². The van der Waals surface area contributed by atoms with E-state index in [4.69, 9.17) is 0 Å². The van der Waals surface area contributed by atoms with Crippen LogP contribution in [0.5, 0.6) is 0 Å². The van der Waals surface area contributed by atoms with Crippen molar-refractivity contribution < 1.29 is 9.00 Å². The summed E-state index contributed by atoms with van der Waals surface area (Å²) in [4.78, 5) is 12.4. The molecule has 0 saturated carbocycles. The molecule has 0 spiro atoms. The first-order chi connectivity index (χ1) is 9.02. The van der Waals surface area contributed by atoms with E-state index in [-0.39, 0.29) is 11.9 Å². The first kappa shape index (κ1) is 16.4. The minimum atomic E-state index is -1.02. The van der Waals surface area contributed by atoms with Gasteiger partial charge in [-0.1, -0.05) is 22.9 Å². The Balaban J connectivity index is 2.31. The van der Waals surface area contributed by atoms with Crippen molar-refractivity contribution in [2.24, 2.45) is 0 Å². The molecule has 2 atom stereocenters. The van der Waals surface area contributed by atoms with Gasteiger partial charge in [-0.05, 0) is 44.0 Å². The van der Waals surface area contributed by atoms with Gasteiger partial charge in [0.25, 0.3) is 0 Å². The number of nitrogens with one attached hydrogen (secondary N) is 1. The highest BCUT2D eigenvalue weighted by Gasteiger charge is 2.08. The van der Waals surface area contributed by atoms with Crippen LogP contribution in [0.4, 0.5) is 0 Å². The summed E-state index contributed by atoms with van der Waals surface area (Å²) in [7, 11) is -1.02. The van der Waals surface area contributed by atoms with E-state index in [0.717, 1.165) is 15.8 Å². The second kappa shape index (κ2) is 8.48. The van der Waals surface area contributed by atoms with Crippen LogP contribution in [0.25, 0.3) is 0 Å². The first-order valence-electron chi connectivity index (χ1n) is 6.46. The summed E-state index contributed by atoms with van der Waals surface area (Å²) < 4.78 is 13.0. The van der Waals surface area contributed by atoms with Gasteiger partial charge in [-0.2, -0.15) is 0 Å². The summed E-state index contributed by atoms with van der Waals surface area (Å²) in [6.07, 6.45) is 2.01. The molecule has 106 valence electrons. The number of hydrogen-bond donors (Lipinski definition) is 1. The van der Waals surface area contributed by atoms with Crippen LogP contribution in [0.2, 0.25) is 0 Å². The smallest absolute Gasteiger partial charge is 0.220 e. The third kappa shape index (κ3) is 6.34. The lowest BCUT2D eigenvalue weighted by molar-refractivity contribution is -0.121. The molecule has 5 heteroatoms. The van der Waals surface area contributed by atoms with Gasteiger partial charge in [-0.25, -0.2) is 0 Å². The van der Waals surface area contributed by atoms with E-state index in [1.165, 1.54) is 0 Å². The van der Waals surface area contributed by atoms with E-state index in [9.17, 15) is 9.00 Å². The summed E-state index contributed by atoms with van der Waals surface area (Å²) in [6, 6.07) is 7.66. The standard InChI is InChI=1S/C14H20BrNO2S/c1-3-11(2)16-14(17)5-4-10-19(18)13-8-6-12(15)7-9-13/h6-9,11H,3-5,10H2,1-2H3,(H,16,17)/t11-,19-/m1/s1. The zero-order valence-electron chi connectivity index (χ0n) is 11.3. The maximum atomic E-state index is 12.0. The normalized spacial score (nSPS) is 13.8. The fourth-order valence-corrected chi connectivity index (χ4v) is 2.86. The van der Waals surface area contributed by atoms with Crippen molar-refractivity contribution in [3.8, 4) is 0 Å². The number of amides is 1. The van der Waals surface area contributed by atoms with Gasteiger partial charge in [0.15, 0.2) is 0 Å². The Morgan fingerprint density at radius 3 is 2.58 bits per heavy atom. The molecule has 1 aromatic rings. The van der Waals surface area contributed by atoms with Crippen LogP contribution in [-0.2, 0) is 15.6 Å². The largest absolute Gasteiger partial charge is 0.354 e. The molecule has 0 aliphatic carbocycles. The SMILES string of the molecule is CC[C@@H](C)NC(=O)CCC[S@@](=O)c1ccc(Br)cc1. The maximum Gasteiger partial charge on any atom is 0.220 e. The molecule has 1 rings (SSSR count). The Hall–Kier alpha value is -0.680. The number of benzene rings is 1. The van der Waals surface area contributed by atoms with Gasteiger partial charge in [0.05, 0.1) is 10.8 Å². The minimum Gasteiger partial charge on any atom is -0.354 e. The fraction of sp³-hybridized carbons (Fsp3) is 0.500. The second-order valence-electron chi connectivity index (χ2n) is 4.48. The van der Waals surface area contributed by atoms with Crippen molar-refractivity contribution in [3.63, 3.8) is 0 Å². The van der Waals surface area contributed by atoms with Crippen LogP contribution < -0.4 is 5.32 Å². The predicted molar refractivity (Wildman–Crippen MR) is 82.5 cm³/mol. The molecule has 0 bridgehead atoms. The van der Waals surface area contributed by atoms with Crippen LogP contribution in [0.3, 0.4) is 0 Å². The summed E-state index contributed by atoms with van der Waals surface area (Å²) in [5.41, 5.74) is 0. The van der Waals surface area contributed by atoms with Crippen molar-refractivity contribution in [2.45, 2.75) is 44.0 Å². The van der Waals surface area contributed by atoms with Gasteiger partial charge < -0.3 is 5.32 Å². The van der Waals surface area contributed by atoms with E-state index in [0.29, 0.717) is 18.6 Å². The molecular formula is C14H20BrNO2S. The van der Waals surface area contributed by atoms with Crippen LogP contribution in [0.1, 0.15) is 33.1 Å². The zero-order valence-corrected chi connectivity index (χ0v) is 13.7. The van der Waals surface area contributed by atoms with Crippen molar-refractivity contribution >= 4 is 32.6 Å². The third-order valence-electron chi connectivity index (χ3n) is 2.83. The zero-order chi connectivity index (χ0) is 14.3. The summed E-state index contributed by atoms with van der Waals surface area (Å²) in [5.74, 6) is 0.567. The van der Waals surface area contributed by atoms with Crippen molar-refractivity contribution in [1.82, 2.24) is 5.32 Å². The number of halogens is 1. The van der Waals surface area contributed by atoms with E-state index in [2.05, 4.69) is 21.2 Å². The van der Waals surface area contributed by atoms with Crippen LogP contribution in [0, 0.1) is 0 Å². The number of hydrogen-bond acceptors (Lipinski definition) is 2. The fourth-order valence-electron chi connectivity index (χ4n) is 1.52. The van der Waals surface area contributed by atoms with Gasteiger partial charge in [-0.3, -0.25) is 9.00 Å². The molecular weight excluding hydrogens is 326 g/mol. The first-order valence-corrected chi connectivity index (χ1v) is 8.57. The Bertz CT molecular complexity index is 434. The molecule has 0 heterocycles. The van der Waals surface area contributed by atoms with E-state index in [1.54, 1.807) is 0 Å². The molecule has 0 unspecified atom stereocenters. The van der Waals surface area contributed by atoms with Crippen molar-refractivity contribution in [3.05, 3.63) is 28.7 Å².